The molecule has 3 heteroatoms. The van der Waals surface area contributed by atoms with Gasteiger partial charge < -0.3 is 10.6 Å². The minimum absolute atomic E-state index is 0.116. The standard InChI is InChI=1S/C21H30N2O/c1-15-5-4-6-17(11-15)21(9-2-3-10-21)23-20(24)14-16-12-18-7-8-19(13-16)22-18/h4-6,11,16,18-19,22H,2-3,7-10,12-14H2,1H3,(H,23,24). The molecule has 24 heavy (non-hydrogen) atoms. The van der Waals surface area contributed by atoms with Crippen molar-refractivity contribution in [2.75, 3.05) is 0 Å². The fraction of sp³-hybridized carbons (Fsp3) is 0.667. The molecule has 0 aromatic heterocycles. The zero-order valence-corrected chi connectivity index (χ0v) is 14.8. The van der Waals surface area contributed by atoms with Gasteiger partial charge in [-0.3, -0.25) is 4.79 Å². The van der Waals surface area contributed by atoms with Crippen molar-refractivity contribution in [2.45, 2.75) is 82.3 Å². The summed E-state index contributed by atoms with van der Waals surface area (Å²) in [5.41, 5.74) is 2.47. The molecular formula is C21H30N2O. The monoisotopic (exact) mass is 326 g/mol. The lowest BCUT2D eigenvalue weighted by Crippen LogP contribution is -2.45. The van der Waals surface area contributed by atoms with Crippen LogP contribution in [0.3, 0.4) is 0 Å². The van der Waals surface area contributed by atoms with E-state index in [1.54, 1.807) is 0 Å². The van der Waals surface area contributed by atoms with Gasteiger partial charge in [0, 0.05) is 18.5 Å². The smallest absolute Gasteiger partial charge is 0.220 e. The van der Waals surface area contributed by atoms with Gasteiger partial charge in [-0.25, -0.2) is 0 Å². The predicted molar refractivity (Wildman–Crippen MR) is 96.8 cm³/mol. The van der Waals surface area contributed by atoms with Gasteiger partial charge in [0.15, 0.2) is 0 Å². The zero-order valence-electron chi connectivity index (χ0n) is 14.8. The maximum absolute atomic E-state index is 12.8. The molecule has 1 aliphatic carbocycles. The van der Waals surface area contributed by atoms with E-state index in [4.69, 9.17) is 0 Å². The number of hydrogen-bond acceptors (Lipinski definition) is 2. The second-order valence-corrected chi connectivity index (χ2v) is 8.39. The van der Waals surface area contributed by atoms with Crippen LogP contribution >= 0.6 is 0 Å². The van der Waals surface area contributed by atoms with Gasteiger partial charge in [0.2, 0.25) is 5.91 Å². The first-order valence-electron chi connectivity index (χ1n) is 9.77. The van der Waals surface area contributed by atoms with Crippen LogP contribution in [0.2, 0.25) is 0 Å². The number of piperidine rings is 1. The Hall–Kier alpha value is -1.35. The average Bonchev–Trinajstić information content (AvgIpc) is 3.15. The number of aryl methyl sites for hydroxylation is 1. The number of hydrogen-bond donors (Lipinski definition) is 2. The van der Waals surface area contributed by atoms with E-state index in [1.165, 1.54) is 49.7 Å². The van der Waals surface area contributed by atoms with Crippen LogP contribution in [0.1, 0.15) is 68.9 Å². The zero-order chi connectivity index (χ0) is 16.6. The average molecular weight is 326 g/mol. The van der Waals surface area contributed by atoms with Crippen LogP contribution in [-0.4, -0.2) is 18.0 Å². The summed E-state index contributed by atoms with van der Waals surface area (Å²) in [5, 5.41) is 7.15. The fourth-order valence-electron chi connectivity index (χ4n) is 5.33. The Kier molecular flexibility index (Phi) is 4.38. The molecule has 1 aromatic rings. The third-order valence-corrected chi connectivity index (χ3v) is 6.45. The van der Waals surface area contributed by atoms with E-state index in [2.05, 4.69) is 41.8 Å². The highest BCUT2D eigenvalue weighted by molar-refractivity contribution is 5.77. The lowest BCUT2D eigenvalue weighted by Gasteiger charge is -2.33. The number of benzene rings is 1. The Labute approximate surface area is 145 Å². The summed E-state index contributed by atoms with van der Waals surface area (Å²) in [6.07, 6.45) is 10.3. The van der Waals surface area contributed by atoms with E-state index >= 15 is 0 Å². The first kappa shape index (κ1) is 16.1. The van der Waals surface area contributed by atoms with Crippen LogP contribution in [0.15, 0.2) is 24.3 Å². The maximum Gasteiger partial charge on any atom is 0.220 e. The molecule has 2 atom stereocenters. The Balaban J connectivity index is 1.44. The van der Waals surface area contributed by atoms with E-state index < -0.39 is 0 Å². The Morgan fingerprint density at radius 2 is 1.92 bits per heavy atom. The van der Waals surface area contributed by atoms with Crippen molar-refractivity contribution in [3.05, 3.63) is 35.4 Å². The molecule has 2 N–H and O–H groups in total. The molecule has 1 saturated carbocycles. The van der Waals surface area contributed by atoms with Crippen molar-refractivity contribution >= 4 is 5.91 Å². The molecule has 1 aromatic carbocycles. The second-order valence-electron chi connectivity index (χ2n) is 8.39. The summed E-state index contributed by atoms with van der Waals surface area (Å²) < 4.78 is 0. The molecule has 130 valence electrons. The van der Waals surface area contributed by atoms with Crippen molar-refractivity contribution in [3.8, 4) is 0 Å². The van der Waals surface area contributed by atoms with Crippen molar-refractivity contribution in [2.24, 2.45) is 5.92 Å². The summed E-state index contributed by atoms with van der Waals surface area (Å²) in [4.78, 5) is 12.8. The number of carbonyl (C=O) groups is 1. The summed E-state index contributed by atoms with van der Waals surface area (Å²) >= 11 is 0. The predicted octanol–water partition coefficient (Wildman–Crippen LogP) is 3.80. The van der Waals surface area contributed by atoms with Gasteiger partial charge in [-0.15, -0.1) is 0 Å². The fourth-order valence-corrected chi connectivity index (χ4v) is 5.33. The molecule has 3 nitrogen and oxygen atoms in total. The van der Waals surface area contributed by atoms with E-state index in [-0.39, 0.29) is 11.4 Å². The van der Waals surface area contributed by atoms with Gasteiger partial charge >= 0.3 is 0 Å². The highest BCUT2D eigenvalue weighted by Gasteiger charge is 2.39. The van der Waals surface area contributed by atoms with Crippen molar-refractivity contribution < 1.29 is 4.79 Å². The number of rotatable bonds is 4. The van der Waals surface area contributed by atoms with E-state index in [1.807, 2.05) is 0 Å². The van der Waals surface area contributed by atoms with Gasteiger partial charge in [0.25, 0.3) is 0 Å². The number of nitrogens with one attached hydrogen (secondary N) is 2. The van der Waals surface area contributed by atoms with E-state index in [9.17, 15) is 4.79 Å². The van der Waals surface area contributed by atoms with Crippen molar-refractivity contribution in [1.82, 2.24) is 10.6 Å². The van der Waals surface area contributed by atoms with Crippen LogP contribution in [0, 0.1) is 12.8 Å². The highest BCUT2D eigenvalue weighted by atomic mass is 16.1. The number of fused-ring (bicyclic) bond motifs is 2. The van der Waals surface area contributed by atoms with Crippen LogP contribution in [0.4, 0.5) is 0 Å². The Morgan fingerprint density at radius 1 is 1.21 bits per heavy atom. The summed E-state index contributed by atoms with van der Waals surface area (Å²) in [5.74, 6) is 0.837. The molecule has 1 amide bonds. The third kappa shape index (κ3) is 3.23. The number of amides is 1. The van der Waals surface area contributed by atoms with Crippen LogP contribution in [-0.2, 0) is 10.3 Å². The van der Waals surface area contributed by atoms with Crippen LogP contribution in [0.5, 0.6) is 0 Å². The minimum atomic E-state index is -0.116. The lowest BCUT2D eigenvalue weighted by atomic mass is 9.85. The molecule has 3 fully saturated rings. The van der Waals surface area contributed by atoms with Gasteiger partial charge in [-0.05, 0) is 56.9 Å². The first-order valence-corrected chi connectivity index (χ1v) is 9.77. The van der Waals surface area contributed by atoms with Gasteiger partial charge in [0.1, 0.15) is 0 Å². The van der Waals surface area contributed by atoms with E-state index in [0.29, 0.717) is 24.4 Å². The molecular weight excluding hydrogens is 296 g/mol. The molecule has 0 radical (unpaired) electrons. The minimum Gasteiger partial charge on any atom is -0.347 e. The van der Waals surface area contributed by atoms with Crippen LogP contribution in [0.25, 0.3) is 0 Å². The highest BCUT2D eigenvalue weighted by Crippen LogP contribution is 2.40. The van der Waals surface area contributed by atoms with Crippen molar-refractivity contribution in [3.63, 3.8) is 0 Å². The maximum atomic E-state index is 12.8. The summed E-state index contributed by atoms with van der Waals surface area (Å²) in [7, 11) is 0. The van der Waals surface area contributed by atoms with E-state index in [0.717, 1.165) is 12.8 Å². The SMILES string of the molecule is Cc1cccc(C2(NC(=O)CC3CC4CCC(C3)N4)CCCC2)c1. The molecule has 2 bridgehead atoms. The first-order chi connectivity index (χ1) is 11.6. The van der Waals surface area contributed by atoms with Gasteiger partial charge in [-0.2, -0.15) is 0 Å². The molecule has 2 heterocycles. The Morgan fingerprint density at radius 3 is 2.58 bits per heavy atom. The molecule has 2 aliphatic heterocycles. The lowest BCUT2D eigenvalue weighted by molar-refractivity contribution is -0.124. The van der Waals surface area contributed by atoms with Gasteiger partial charge in [0.05, 0.1) is 5.54 Å². The van der Waals surface area contributed by atoms with Crippen molar-refractivity contribution in [1.29, 1.82) is 0 Å². The molecule has 0 spiro atoms. The summed E-state index contributed by atoms with van der Waals surface area (Å²) in [6.45, 7) is 2.14. The quantitative estimate of drug-likeness (QED) is 0.883. The molecule has 2 unspecified atom stereocenters. The second kappa shape index (κ2) is 6.51. The third-order valence-electron chi connectivity index (χ3n) is 6.45. The number of carbonyl (C=O) groups excluding carboxylic acids is 1. The van der Waals surface area contributed by atoms with Crippen LogP contribution < -0.4 is 10.6 Å². The molecule has 4 rings (SSSR count). The topological polar surface area (TPSA) is 41.1 Å². The Bertz CT molecular complexity index is 594. The normalized spacial score (nSPS) is 31.1. The summed E-state index contributed by atoms with van der Waals surface area (Å²) in [6, 6.07) is 10.1. The molecule has 2 saturated heterocycles. The largest absolute Gasteiger partial charge is 0.347 e. The van der Waals surface area contributed by atoms with Gasteiger partial charge in [-0.1, -0.05) is 42.7 Å². The molecule has 3 aliphatic rings.